The van der Waals surface area contributed by atoms with Crippen molar-refractivity contribution in [3.63, 3.8) is 0 Å². The van der Waals surface area contributed by atoms with Crippen molar-refractivity contribution >= 4 is 21.6 Å². The summed E-state index contributed by atoms with van der Waals surface area (Å²) in [6.07, 6.45) is -0.531. The largest absolute Gasteiger partial charge is 0.291 e. The Kier molecular flexibility index (Phi) is 3.09. The summed E-state index contributed by atoms with van der Waals surface area (Å²) in [5.74, 6) is 5.77. The third kappa shape index (κ3) is 1.89. The summed E-state index contributed by atoms with van der Waals surface area (Å²) in [4.78, 5) is 4.36. The Hall–Kier alpha value is -1.17. The molecule has 0 bridgehead atoms. The van der Waals surface area contributed by atoms with Gasteiger partial charge in [-0.15, -0.1) is 0 Å². The zero-order chi connectivity index (χ0) is 11.7. The third-order valence-corrected chi connectivity index (χ3v) is 3.46. The number of hydrogen-bond donors (Lipinski definition) is 2. The number of hydrazine groups is 1. The number of allylic oxidation sites excluding steroid dienone is 2. The smallest absolute Gasteiger partial charge is 0.187 e. The van der Waals surface area contributed by atoms with Crippen LogP contribution in [0.3, 0.4) is 0 Å². The fourth-order valence-electron chi connectivity index (χ4n) is 1.53. The van der Waals surface area contributed by atoms with Crippen molar-refractivity contribution in [3.8, 4) is 0 Å². The van der Waals surface area contributed by atoms with Crippen molar-refractivity contribution in [1.29, 1.82) is 0 Å². The van der Waals surface area contributed by atoms with E-state index in [1.807, 2.05) is 37.3 Å². The molecule has 1 unspecified atom stereocenters. The van der Waals surface area contributed by atoms with E-state index < -0.39 is 6.29 Å². The lowest BCUT2D eigenvalue weighted by Gasteiger charge is -2.29. The molecule has 0 fully saturated rings. The number of hydrogen-bond acceptors (Lipinski definition) is 4. The van der Waals surface area contributed by atoms with Crippen molar-refractivity contribution in [2.75, 3.05) is 0 Å². The molecule has 4 nitrogen and oxygen atoms in total. The minimum Gasteiger partial charge on any atom is -0.291 e. The van der Waals surface area contributed by atoms with E-state index in [0.29, 0.717) is 0 Å². The highest BCUT2D eigenvalue weighted by Gasteiger charge is 2.22. The number of nitrogens with zero attached hydrogens (tertiary/aromatic N) is 2. The lowest BCUT2D eigenvalue weighted by Crippen LogP contribution is -2.47. The molecule has 1 aromatic carbocycles. The van der Waals surface area contributed by atoms with Gasteiger partial charge in [0, 0.05) is 11.3 Å². The zero-order valence-electron chi connectivity index (χ0n) is 8.89. The molecular formula is C11H13BrN4. The van der Waals surface area contributed by atoms with Crippen LogP contribution in [-0.2, 0) is 0 Å². The van der Waals surface area contributed by atoms with Crippen LogP contribution in [0.2, 0.25) is 0 Å². The van der Waals surface area contributed by atoms with E-state index in [4.69, 9.17) is 11.6 Å². The van der Waals surface area contributed by atoms with Gasteiger partial charge < -0.3 is 0 Å². The molecule has 5 heteroatoms. The summed E-state index contributed by atoms with van der Waals surface area (Å²) in [5.41, 5.74) is 8.56. The fourth-order valence-corrected chi connectivity index (χ4v) is 2.07. The molecular weight excluding hydrogens is 268 g/mol. The first-order chi connectivity index (χ1) is 7.61. The van der Waals surface area contributed by atoms with Crippen LogP contribution in [0.25, 0.3) is 0 Å². The van der Waals surface area contributed by atoms with Crippen LogP contribution in [0.4, 0.5) is 0 Å². The topological polar surface area (TPSA) is 67.6 Å². The van der Waals surface area contributed by atoms with E-state index in [1.54, 1.807) is 0 Å². The minimum atomic E-state index is -0.531. The molecule has 0 saturated heterocycles. The molecule has 1 atom stereocenters. The summed E-state index contributed by atoms with van der Waals surface area (Å²) in [6.45, 7) is 1.90. The predicted molar refractivity (Wildman–Crippen MR) is 68.6 cm³/mol. The van der Waals surface area contributed by atoms with Crippen LogP contribution in [0, 0.1) is 0 Å². The Labute approximate surface area is 103 Å². The van der Waals surface area contributed by atoms with E-state index >= 15 is 0 Å². The molecule has 0 aliphatic carbocycles. The molecule has 16 heavy (non-hydrogen) atoms. The summed E-state index contributed by atoms with van der Waals surface area (Å²) >= 11 is 3.50. The first-order valence-electron chi connectivity index (χ1n) is 4.90. The molecule has 1 aliphatic rings. The fraction of sp³-hybridized carbons (Fsp3) is 0.182. The molecule has 4 N–H and O–H groups in total. The van der Waals surface area contributed by atoms with Gasteiger partial charge in [0.25, 0.3) is 0 Å². The number of rotatable bonds is 1. The van der Waals surface area contributed by atoms with E-state index in [1.165, 1.54) is 5.01 Å². The van der Waals surface area contributed by atoms with Crippen LogP contribution >= 0.6 is 15.9 Å². The van der Waals surface area contributed by atoms with Gasteiger partial charge >= 0.3 is 0 Å². The molecule has 84 valence electrons. The molecule has 0 spiro atoms. The van der Waals surface area contributed by atoms with Crippen molar-refractivity contribution in [3.05, 3.63) is 46.1 Å². The van der Waals surface area contributed by atoms with E-state index in [2.05, 4.69) is 20.9 Å². The average Bonchev–Trinajstić information content (AvgIpc) is 2.32. The SMILES string of the molecule is CC1=C(Br)C(c2ccccc2)=NC(N)N1N. The van der Waals surface area contributed by atoms with Crippen LogP contribution in [0.15, 0.2) is 45.5 Å². The molecule has 2 rings (SSSR count). The van der Waals surface area contributed by atoms with Crippen molar-refractivity contribution in [1.82, 2.24) is 5.01 Å². The lowest BCUT2D eigenvalue weighted by molar-refractivity contribution is 0.268. The monoisotopic (exact) mass is 280 g/mol. The number of aliphatic imine (C=N–C) groups is 1. The van der Waals surface area contributed by atoms with E-state index in [0.717, 1.165) is 21.5 Å². The first-order valence-corrected chi connectivity index (χ1v) is 5.70. The minimum absolute atomic E-state index is 0.531. The molecule has 1 aromatic rings. The highest BCUT2D eigenvalue weighted by molar-refractivity contribution is 9.12. The molecule has 0 radical (unpaired) electrons. The van der Waals surface area contributed by atoms with Gasteiger partial charge in [0.2, 0.25) is 0 Å². The van der Waals surface area contributed by atoms with Gasteiger partial charge in [-0.1, -0.05) is 30.3 Å². The standard InChI is InChI=1S/C11H13BrN4/c1-7-9(12)10(15-11(13)16(7)14)8-5-3-2-4-6-8/h2-6,11H,13-14H2,1H3. The number of benzene rings is 1. The highest BCUT2D eigenvalue weighted by atomic mass is 79.9. The Morgan fingerprint density at radius 1 is 1.31 bits per heavy atom. The van der Waals surface area contributed by atoms with Gasteiger partial charge in [0.05, 0.1) is 10.2 Å². The molecule has 1 aliphatic heterocycles. The second kappa shape index (κ2) is 4.37. The van der Waals surface area contributed by atoms with Gasteiger partial charge in [-0.3, -0.25) is 10.7 Å². The Morgan fingerprint density at radius 2 is 1.94 bits per heavy atom. The zero-order valence-corrected chi connectivity index (χ0v) is 10.5. The van der Waals surface area contributed by atoms with E-state index in [-0.39, 0.29) is 0 Å². The normalized spacial score (nSPS) is 21.1. The predicted octanol–water partition coefficient (Wildman–Crippen LogP) is 1.53. The Balaban J connectivity index is 2.47. The quantitative estimate of drug-likeness (QED) is 0.767. The Bertz CT molecular complexity index is 452. The lowest BCUT2D eigenvalue weighted by atomic mass is 10.1. The van der Waals surface area contributed by atoms with Crippen LogP contribution in [0.5, 0.6) is 0 Å². The maximum absolute atomic E-state index is 5.82. The van der Waals surface area contributed by atoms with Gasteiger partial charge in [-0.05, 0) is 22.9 Å². The molecule has 0 saturated carbocycles. The van der Waals surface area contributed by atoms with Gasteiger partial charge in [-0.25, -0.2) is 10.8 Å². The van der Waals surface area contributed by atoms with Gasteiger partial charge in [0.1, 0.15) is 0 Å². The highest BCUT2D eigenvalue weighted by Crippen LogP contribution is 2.25. The van der Waals surface area contributed by atoms with E-state index in [9.17, 15) is 0 Å². The third-order valence-electron chi connectivity index (χ3n) is 2.51. The van der Waals surface area contributed by atoms with Crippen molar-refractivity contribution in [2.45, 2.75) is 13.2 Å². The van der Waals surface area contributed by atoms with Crippen LogP contribution in [0.1, 0.15) is 12.5 Å². The molecule has 0 aromatic heterocycles. The van der Waals surface area contributed by atoms with Crippen molar-refractivity contribution < 1.29 is 0 Å². The summed E-state index contributed by atoms with van der Waals surface area (Å²) in [6, 6.07) is 9.88. The summed E-state index contributed by atoms with van der Waals surface area (Å²) in [5, 5.41) is 1.44. The maximum atomic E-state index is 5.82. The maximum Gasteiger partial charge on any atom is 0.187 e. The first kappa shape index (κ1) is 11.3. The van der Waals surface area contributed by atoms with Crippen LogP contribution in [-0.4, -0.2) is 17.0 Å². The van der Waals surface area contributed by atoms with Gasteiger partial charge in [-0.2, -0.15) is 0 Å². The number of nitrogens with two attached hydrogens (primary N) is 2. The molecule has 0 amide bonds. The Morgan fingerprint density at radius 3 is 2.56 bits per heavy atom. The molecule has 1 heterocycles. The van der Waals surface area contributed by atoms with Crippen LogP contribution < -0.4 is 11.6 Å². The second-order valence-electron chi connectivity index (χ2n) is 3.56. The summed E-state index contributed by atoms with van der Waals surface area (Å²) < 4.78 is 0.878. The van der Waals surface area contributed by atoms with Gasteiger partial charge in [0.15, 0.2) is 6.29 Å². The average molecular weight is 281 g/mol. The van der Waals surface area contributed by atoms with Crippen molar-refractivity contribution in [2.24, 2.45) is 16.6 Å². The number of halogens is 1. The summed E-state index contributed by atoms with van der Waals surface area (Å²) in [7, 11) is 0. The second-order valence-corrected chi connectivity index (χ2v) is 4.36.